The third kappa shape index (κ3) is 4.93. The molecule has 0 atom stereocenters. The lowest BCUT2D eigenvalue weighted by Gasteiger charge is -2.24. The molecule has 1 aromatic carbocycles. The van der Waals surface area contributed by atoms with Crippen molar-refractivity contribution in [3.05, 3.63) is 28.8 Å². The molecule has 2 N–H and O–H groups in total. The number of nitrogens with zero attached hydrogens (tertiary/aromatic N) is 2. The van der Waals surface area contributed by atoms with Crippen LogP contribution in [0, 0.1) is 0 Å². The Hall–Kier alpha value is -0.660. The second kappa shape index (κ2) is 8.10. The van der Waals surface area contributed by atoms with Crippen molar-refractivity contribution in [1.29, 1.82) is 0 Å². The second-order valence-corrected chi connectivity index (χ2v) is 7.49. The molecule has 0 saturated heterocycles. The van der Waals surface area contributed by atoms with Gasteiger partial charge in [-0.3, -0.25) is 0 Å². The van der Waals surface area contributed by atoms with Crippen LogP contribution in [-0.2, 0) is 16.6 Å². The van der Waals surface area contributed by atoms with Crippen LogP contribution in [-0.4, -0.2) is 51.4 Å². The lowest BCUT2D eigenvalue weighted by atomic mass is 10.2. The largest absolute Gasteiger partial charge is 0.326 e. The lowest BCUT2D eigenvalue weighted by molar-refractivity contribution is 0.333. The normalized spacial score (nSPS) is 12.3. The molecule has 0 bridgehead atoms. The van der Waals surface area contributed by atoms with Crippen LogP contribution in [0.4, 0.5) is 0 Å². The van der Waals surface area contributed by atoms with Crippen molar-refractivity contribution in [2.75, 3.05) is 33.7 Å². The van der Waals surface area contributed by atoms with E-state index in [1.807, 2.05) is 25.9 Å². The summed E-state index contributed by atoms with van der Waals surface area (Å²) in [4.78, 5) is 2.09. The lowest BCUT2D eigenvalue weighted by Crippen LogP contribution is -2.37. The zero-order valence-corrected chi connectivity index (χ0v) is 14.4. The molecule has 0 aliphatic rings. The topological polar surface area (TPSA) is 66.6 Å². The predicted molar refractivity (Wildman–Crippen MR) is 86.9 cm³/mol. The molecule has 0 aromatic heterocycles. The Kier molecular flexibility index (Phi) is 7.09. The van der Waals surface area contributed by atoms with Crippen molar-refractivity contribution in [1.82, 2.24) is 9.21 Å². The molecule has 0 heterocycles. The first-order valence-corrected chi connectivity index (χ1v) is 8.78. The minimum atomic E-state index is -3.60. The van der Waals surface area contributed by atoms with E-state index in [1.165, 1.54) is 4.31 Å². The maximum absolute atomic E-state index is 12.8. The third-order valence-electron chi connectivity index (χ3n) is 3.12. The molecule has 0 spiro atoms. The van der Waals surface area contributed by atoms with Crippen LogP contribution in [0.15, 0.2) is 23.1 Å². The van der Waals surface area contributed by atoms with Crippen LogP contribution in [0.2, 0.25) is 5.02 Å². The van der Waals surface area contributed by atoms with Gasteiger partial charge >= 0.3 is 0 Å². The summed E-state index contributed by atoms with van der Waals surface area (Å²) in [6.45, 7) is 3.81. The van der Waals surface area contributed by atoms with Gasteiger partial charge in [-0.1, -0.05) is 24.6 Å². The molecular weight excluding hydrogens is 310 g/mol. The summed E-state index contributed by atoms with van der Waals surface area (Å²) in [5.41, 5.74) is 6.34. The molecule has 0 unspecified atom stereocenters. The van der Waals surface area contributed by atoms with E-state index >= 15 is 0 Å². The molecule has 5 nitrogen and oxygen atoms in total. The average molecular weight is 334 g/mol. The van der Waals surface area contributed by atoms with Gasteiger partial charge in [0, 0.05) is 26.2 Å². The van der Waals surface area contributed by atoms with Gasteiger partial charge in [0.2, 0.25) is 10.0 Å². The van der Waals surface area contributed by atoms with Crippen LogP contribution in [0.3, 0.4) is 0 Å². The highest BCUT2D eigenvalue weighted by molar-refractivity contribution is 7.89. The highest BCUT2D eigenvalue weighted by atomic mass is 35.5. The van der Waals surface area contributed by atoms with Gasteiger partial charge in [0.1, 0.15) is 4.90 Å². The number of rotatable bonds is 8. The number of hydrogen-bond acceptors (Lipinski definition) is 4. The molecule has 0 fully saturated rings. The smallest absolute Gasteiger partial charge is 0.244 e. The number of nitrogens with two attached hydrogens (primary N) is 1. The van der Waals surface area contributed by atoms with Crippen LogP contribution in [0.25, 0.3) is 0 Å². The fourth-order valence-corrected chi connectivity index (χ4v) is 3.97. The number of likely N-dealkylation sites (N-methyl/N-ethyl adjacent to an activating group) is 1. The summed E-state index contributed by atoms with van der Waals surface area (Å²) in [6, 6.07) is 4.90. The average Bonchev–Trinajstić information content (AvgIpc) is 2.43. The van der Waals surface area contributed by atoms with Crippen molar-refractivity contribution in [2.24, 2.45) is 5.73 Å². The van der Waals surface area contributed by atoms with Crippen LogP contribution in [0.5, 0.6) is 0 Å². The molecule has 0 aliphatic heterocycles. The highest BCUT2D eigenvalue weighted by Gasteiger charge is 2.26. The van der Waals surface area contributed by atoms with E-state index < -0.39 is 10.0 Å². The van der Waals surface area contributed by atoms with Crippen LogP contribution < -0.4 is 5.73 Å². The SMILES string of the molecule is CCCN(CCN(C)C)S(=O)(=O)c1cc(CN)ccc1Cl. The van der Waals surface area contributed by atoms with Gasteiger partial charge < -0.3 is 10.6 Å². The molecule has 7 heteroatoms. The molecule has 0 saturated carbocycles. The first-order chi connectivity index (χ1) is 9.82. The minimum absolute atomic E-state index is 0.138. The van der Waals surface area contributed by atoms with Crippen molar-refractivity contribution in [3.63, 3.8) is 0 Å². The third-order valence-corrected chi connectivity index (χ3v) is 5.50. The monoisotopic (exact) mass is 333 g/mol. The van der Waals surface area contributed by atoms with Gasteiger partial charge in [0.15, 0.2) is 0 Å². The van der Waals surface area contributed by atoms with E-state index in [0.29, 0.717) is 19.6 Å². The van der Waals surface area contributed by atoms with E-state index in [2.05, 4.69) is 0 Å². The Labute approximate surface area is 132 Å². The van der Waals surface area contributed by atoms with Gasteiger partial charge in [0.05, 0.1) is 5.02 Å². The summed E-state index contributed by atoms with van der Waals surface area (Å²) in [5.74, 6) is 0. The zero-order valence-electron chi connectivity index (χ0n) is 12.8. The highest BCUT2D eigenvalue weighted by Crippen LogP contribution is 2.26. The first-order valence-electron chi connectivity index (χ1n) is 6.96. The van der Waals surface area contributed by atoms with E-state index in [1.54, 1.807) is 18.2 Å². The first kappa shape index (κ1) is 18.4. The Morgan fingerprint density at radius 1 is 1.19 bits per heavy atom. The van der Waals surface area contributed by atoms with E-state index in [0.717, 1.165) is 12.0 Å². The van der Waals surface area contributed by atoms with Gasteiger partial charge in [0.25, 0.3) is 0 Å². The van der Waals surface area contributed by atoms with E-state index in [-0.39, 0.29) is 16.5 Å². The maximum Gasteiger partial charge on any atom is 0.244 e. The van der Waals surface area contributed by atoms with Crippen molar-refractivity contribution >= 4 is 21.6 Å². The number of sulfonamides is 1. The van der Waals surface area contributed by atoms with Gasteiger partial charge in [-0.2, -0.15) is 4.31 Å². The molecule has 1 rings (SSSR count). The fraction of sp³-hybridized carbons (Fsp3) is 0.571. The summed E-state index contributed by atoms with van der Waals surface area (Å²) in [7, 11) is 0.228. The fourth-order valence-electron chi connectivity index (χ4n) is 1.92. The molecule has 1 aromatic rings. The Bertz CT molecular complexity index is 561. The molecule has 21 heavy (non-hydrogen) atoms. The van der Waals surface area contributed by atoms with Gasteiger partial charge in [-0.15, -0.1) is 0 Å². The predicted octanol–water partition coefficient (Wildman–Crippen LogP) is 1.76. The minimum Gasteiger partial charge on any atom is -0.326 e. The van der Waals surface area contributed by atoms with Gasteiger partial charge in [-0.05, 0) is 38.2 Å². The standard InChI is InChI=1S/C14H24ClN3O2S/c1-4-7-18(9-8-17(2)3)21(19,20)14-10-12(11-16)5-6-13(14)15/h5-6,10H,4,7-9,11,16H2,1-3H3. The van der Waals surface area contributed by atoms with Crippen molar-refractivity contribution < 1.29 is 8.42 Å². The molecule has 0 amide bonds. The van der Waals surface area contributed by atoms with Gasteiger partial charge in [-0.25, -0.2) is 8.42 Å². The number of halogens is 1. The van der Waals surface area contributed by atoms with Crippen LogP contribution >= 0.6 is 11.6 Å². The summed E-state index contributed by atoms with van der Waals surface area (Å²) >= 11 is 6.09. The summed E-state index contributed by atoms with van der Waals surface area (Å²) < 4.78 is 27.1. The van der Waals surface area contributed by atoms with E-state index in [4.69, 9.17) is 17.3 Å². The number of benzene rings is 1. The van der Waals surface area contributed by atoms with Crippen molar-refractivity contribution in [2.45, 2.75) is 24.8 Å². The Morgan fingerprint density at radius 3 is 2.38 bits per heavy atom. The Morgan fingerprint density at radius 2 is 1.86 bits per heavy atom. The molecular formula is C14H24ClN3O2S. The summed E-state index contributed by atoms with van der Waals surface area (Å²) in [5, 5.41) is 0.234. The van der Waals surface area contributed by atoms with Crippen molar-refractivity contribution in [3.8, 4) is 0 Å². The summed E-state index contributed by atoms with van der Waals surface area (Å²) in [6.07, 6.45) is 0.751. The quantitative estimate of drug-likeness (QED) is 0.787. The Balaban J connectivity index is 3.15. The molecule has 0 aliphatic carbocycles. The molecule has 0 radical (unpaired) electrons. The zero-order chi connectivity index (χ0) is 16.0. The van der Waals surface area contributed by atoms with E-state index in [9.17, 15) is 8.42 Å². The second-order valence-electron chi connectivity index (χ2n) is 5.18. The maximum atomic E-state index is 12.8. The van der Waals surface area contributed by atoms with Crippen LogP contribution in [0.1, 0.15) is 18.9 Å². The molecule has 120 valence electrons. The number of hydrogen-bond donors (Lipinski definition) is 1.